The highest BCUT2D eigenvalue weighted by Crippen LogP contribution is 2.04. The molecule has 0 bridgehead atoms. The van der Waals surface area contributed by atoms with Gasteiger partial charge in [-0.1, -0.05) is 0 Å². The van der Waals surface area contributed by atoms with Crippen LogP contribution < -0.4 is 38.9 Å². The summed E-state index contributed by atoms with van der Waals surface area (Å²) in [5, 5.41) is 16.7. The van der Waals surface area contributed by atoms with Gasteiger partial charge in [0.1, 0.15) is 18.1 Å². The number of guanidine groups is 1. The molecule has 4 amide bonds. The summed E-state index contributed by atoms with van der Waals surface area (Å²) in [4.78, 5) is 71.0. The van der Waals surface area contributed by atoms with Crippen LogP contribution in [0.3, 0.4) is 0 Å². The van der Waals surface area contributed by atoms with Crippen molar-refractivity contribution < 1.29 is 29.1 Å². The highest BCUT2D eigenvalue weighted by molar-refractivity contribution is 7.80. The Hall–Kier alpha value is -3.86. The summed E-state index contributed by atoms with van der Waals surface area (Å²) >= 11 is 4.04. The molecule has 0 fully saturated rings. The summed E-state index contributed by atoms with van der Waals surface area (Å²) in [7, 11) is 0. The van der Waals surface area contributed by atoms with Crippen LogP contribution in [0, 0.1) is 0 Å². The Morgan fingerprint density at radius 2 is 1.64 bits per heavy atom. The topological polar surface area (TPSA) is 287 Å². The zero-order chi connectivity index (χ0) is 27.3. The third-order valence-electron chi connectivity index (χ3n) is 4.75. The number of primary amides is 1. The monoisotopic (exact) mass is 528 g/mol. The van der Waals surface area contributed by atoms with Gasteiger partial charge in [-0.05, 0) is 12.8 Å². The van der Waals surface area contributed by atoms with E-state index < -0.39 is 60.2 Å². The van der Waals surface area contributed by atoms with Crippen molar-refractivity contribution in [3.63, 3.8) is 0 Å². The van der Waals surface area contributed by atoms with E-state index in [1.54, 1.807) is 0 Å². The number of nitrogens with zero attached hydrogens (tertiary/aromatic N) is 2. The van der Waals surface area contributed by atoms with Crippen LogP contribution in [0.1, 0.15) is 25.0 Å². The number of thiol groups is 1. The van der Waals surface area contributed by atoms with Crippen LogP contribution in [0.4, 0.5) is 0 Å². The fraction of sp³-hybridized carbons (Fsp3) is 0.526. The fourth-order valence-corrected chi connectivity index (χ4v) is 3.17. The maximum absolute atomic E-state index is 13.0. The number of amides is 4. The molecule has 13 N–H and O–H groups in total. The molecule has 4 atom stereocenters. The number of imidazole rings is 1. The molecule has 4 unspecified atom stereocenters. The number of aliphatic carboxylic acids is 1. The molecule has 0 aliphatic carbocycles. The molecule has 1 aromatic rings. The summed E-state index contributed by atoms with van der Waals surface area (Å²) in [6.07, 6.45) is 2.59. The molecule has 1 aromatic heterocycles. The molecule has 1 rings (SSSR count). The normalized spacial score (nSPS) is 13.9. The van der Waals surface area contributed by atoms with Gasteiger partial charge in [0.25, 0.3) is 0 Å². The highest BCUT2D eigenvalue weighted by atomic mass is 32.1. The van der Waals surface area contributed by atoms with Crippen molar-refractivity contribution in [3.8, 4) is 0 Å². The Balaban J connectivity index is 2.93. The largest absolute Gasteiger partial charge is 0.480 e. The van der Waals surface area contributed by atoms with Gasteiger partial charge in [-0.25, -0.2) is 9.78 Å². The van der Waals surface area contributed by atoms with Crippen molar-refractivity contribution in [2.24, 2.45) is 27.9 Å². The number of hydrogen-bond donors (Lipinski definition) is 10. The van der Waals surface area contributed by atoms with Crippen LogP contribution in [0.5, 0.6) is 0 Å². The second kappa shape index (κ2) is 15.2. The number of carboxylic acid groups (broad SMARTS) is 1. The summed E-state index contributed by atoms with van der Waals surface area (Å²) < 4.78 is 0. The summed E-state index contributed by atoms with van der Waals surface area (Å²) in [6.45, 7) is 0.164. The number of aromatic nitrogens is 2. The predicted octanol–water partition coefficient (Wildman–Crippen LogP) is -4.32. The number of nitrogens with two attached hydrogens (primary N) is 4. The first-order valence-corrected chi connectivity index (χ1v) is 11.4. The molecular weight excluding hydrogens is 496 g/mol. The van der Waals surface area contributed by atoms with E-state index in [2.05, 4.69) is 43.5 Å². The lowest BCUT2D eigenvalue weighted by atomic mass is 10.1. The molecule has 17 heteroatoms. The molecule has 0 aliphatic rings. The summed E-state index contributed by atoms with van der Waals surface area (Å²) in [6, 6.07) is -5.01. The number of aromatic amines is 1. The number of rotatable bonds is 16. The van der Waals surface area contributed by atoms with Gasteiger partial charge in [0.2, 0.25) is 23.6 Å². The first kappa shape index (κ1) is 30.2. The Kier molecular flexibility index (Phi) is 12.7. The number of hydrogen-bond acceptors (Lipinski definition) is 9. The first-order chi connectivity index (χ1) is 16.9. The van der Waals surface area contributed by atoms with Crippen LogP contribution in [0.15, 0.2) is 17.5 Å². The Morgan fingerprint density at radius 1 is 1.03 bits per heavy atom. The SMILES string of the molecule is NC(=O)CC(N)C(=O)NC(CS)C(=O)NC(Cc1cnc[nH]1)C(=O)NC(CCCN=C(N)N)C(=O)O. The Labute approximate surface area is 211 Å². The first-order valence-electron chi connectivity index (χ1n) is 10.8. The number of H-pyrrole nitrogens is 1. The molecule has 0 aromatic carbocycles. The Bertz CT molecular complexity index is 937. The van der Waals surface area contributed by atoms with Gasteiger partial charge in [0, 0.05) is 30.6 Å². The zero-order valence-electron chi connectivity index (χ0n) is 19.3. The molecular formula is C19H32N10O6S. The van der Waals surface area contributed by atoms with Gasteiger partial charge in [-0.3, -0.25) is 24.2 Å². The van der Waals surface area contributed by atoms with E-state index in [-0.39, 0.29) is 37.5 Å². The minimum absolute atomic E-state index is 0.0235. The highest BCUT2D eigenvalue weighted by Gasteiger charge is 2.30. The zero-order valence-corrected chi connectivity index (χ0v) is 20.2. The second-order valence-electron chi connectivity index (χ2n) is 7.71. The van der Waals surface area contributed by atoms with E-state index in [0.717, 1.165) is 0 Å². The van der Waals surface area contributed by atoms with Gasteiger partial charge in [-0.2, -0.15) is 12.6 Å². The molecule has 200 valence electrons. The van der Waals surface area contributed by atoms with E-state index in [0.29, 0.717) is 5.69 Å². The molecule has 0 saturated carbocycles. The molecule has 36 heavy (non-hydrogen) atoms. The smallest absolute Gasteiger partial charge is 0.326 e. The van der Waals surface area contributed by atoms with Gasteiger partial charge in [-0.15, -0.1) is 0 Å². The van der Waals surface area contributed by atoms with Crippen molar-refractivity contribution in [2.75, 3.05) is 12.3 Å². The molecule has 0 saturated heterocycles. The molecule has 16 nitrogen and oxygen atoms in total. The number of carboxylic acids is 1. The third-order valence-corrected chi connectivity index (χ3v) is 5.11. The number of carbonyl (C=O) groups excluding carboxylic acids is 4. The van der Waals surface area contributed by atoms with Crippen molar-refractivity contribution in [1.29, 1.82) is 0 Å². The summed E-state index contributed by atoms with van der Waals surface area (Å²) in [5.74, 6) is -4.79. The van der Waals surface area contributed by atoms with E-state index in [4.69, 9.17) is 22.9 Å². The second-order valence-corrected chi connectivity index (χ2v) is 8.08. The van der Waals surface area contributed by atoms with Crippen molar-refractivity contribution in [2.45, 2.75) is 49.9 Å². The Morgan fingerprint density at radius 3 is 2.17 bits per heavy atom. The molecule has 0 aliphatic heterocycles. The lowest BCUT2D eigenvalue weighted by Crippen LogP contribution is -2.58. The van der Waals surface area contributed by atoms with Gasteiger partial charge in [0.15, 0.2) is 5.96 Å². The maximum Gasteiger partial charge on any atom is 0.326 e. The number of nitrogens with one attached hydrogen (secondary N) is 4. The van der Waals surface area contributed by atoms with Crippen molar-refractivity contribution in [1.82, 2.24) is 25.9 Å². The predicted molar refractivity (Wildman–Crippen MR) is 131 cm³/mol. The minimum atomic E-state index is -1.29. The van der Waals surface area contributed by atoms with Crippen LogP contribution in [-0.2, 0) is 30.4 Å². The van der Waals surface area contributed by atoms with Crippen molar-refractivity contribution >= 4 is 48.2 Å². The van der Waals surface area contributed by atoms with Gasteiger partial charge in [0.05, 0.1) is 18.8 Å². The van der Waals surface area contributed by atoms with E-state index in [9.17, 15) is 29.1 Å². The van der Waals surface area contributed by atoms with E-state index in [1.807, 2.05) is 0 Å². The molecule has 0 spiro atoms. The van der Waals surface area contributed by atoms with Crippen LogP contribution in [0.25, 0.3) is 0 Å². The standard InChI is InChI=1S/C19H32N10O6S/c20-10(5-14(21)30)15(31)29-13(7-36)17(33)28-12(4-9-6-24-8-26-9)16(32)27-11(18(34)35)2-1-3-25-19(22)23/h6,8,10-13,36H,1-5,7,20H2,(H2,21,30)(H,24,26)(H,27,32)(H,28,33)(H,29,31)(H,34,35)(H4,22,23,25). The van der Waals surface area contributed by atoms with Gasteiger partial charge < -0.3 is 49.0 Å². The van der Waals surface area contributed by atoms with E-state index >= 15 is 0 Å². The summed E-state index contributed by atoms with van der Waals surface area (Å²) in [5.41, 5.74) is 21.6. The van der Waals surface area contributed by atoms with E-state index in [1.165, 1.54) is 12.5 Å². The number of carbonyl (C=O) groups is 5. The van der Waals surface area contributed by atoms with Crippen molar-refractivity contribution in [3.05, 3.63) is 18.2 Å². The average Bonchev–Trinajstić information content (AvgIpc) is 3.30. The molecule has 0 radical (unpaired) electrons. The number of aliphatic imine (C=N–C) groups is 1. The lowest BCUT2D eigenvalue weighted by Gasteiger charge is -2.24. The average molecular weight is 529 g/mol. The van der Waals surface area contributed by atoms with Crippen LogP contribution in [-0.4, -0.2) is 87.1 Å². The molecule has 1 heterocycles. The lowest BCUT2D eigenvalue weighted by molar-refractivity contribution is -0.142. The van der Waals surface area contributed by atoms with Gasteiger partial charge >= 0.3 is 5.97 Å². The van der Waals surface area contributed by atoms with Crippen LogP contribution >= 0.6 is 12.6 Å². The quantitative estimate of drug-likeness (QED) is 0.0426. The minimum Gasteiger partial charge on any atom is -0.480 e. The van der Waals surface area contributed by atoms with Crippen LogP contribution in [0.2, 0.25) is 0 Å². The fourth-order valence-electron chi connectivity index (χ4n) is 2.91. The maximum atomic E-state index is 13.0. The third kappa shape index (κ3) is 11.0.